The predicted molar refractivity (Wildman–Crippen MR) is 208 cm³/mol. The van der Waals surface area contributed by atoms with Crippen LogP contribution in [0.1, 0.15) is 81.4 Å². The number of ether oxygens (including phenoxy) is 3. The summed E-state index contributed by atoms with van der Waals surface area (Å²) in [7, 11) is 1.19. The fourth-order valence-corrected chi connectivity index (χ4v) is 6.05. The lowest BCUT2D eigenvalue weighted by Gasteiger charge is -2.34. The van der Waals surface area contributed by atoms with Gasteiger partial charge in [-0.05, 0) is 59.2 Å². The molecule has 0 bridgehead atoms. The Balaban J connectivity index is 1.41. The van der Waals surface area contributed by atoms with Gasteiger partial charge in [0.25, 0.3) is 5.91 Å². The van der Waals surface area contributed by atoms with E-state index in [9.17, 15) is 24.0 Å². The number of benzene rings is 4. The first-order valence-electron chi connectivity index (χ1n) is 17.8. The summed E-state index contributed by atoms with van der Waals surface area (Å²) < 4.78 is 15.8. The van der Waals surface area contributed by atoms with Crippen LogP contribution in [0.2, 0.25) is 0 Å². The molecule has 13 nitrogen and oxygen atoms in total. The number of nitrogen functional groups attached to an aromatic ring is 1. The summed E-state index contributed by atoms with van der Waals surface area (Å²) in [5.41, 5.74) is 8.90. The number of carbonyl (C=O) groups excluding carboxylic acids is 5. The molecule has 4 aromatic carbocycles. The van der Waals surface area contributed by atoms with Gasteiger partial charge < -0.3 is 30.2 Å². The Labute approximate surface area is 319 Å². The lowest BCUT2D eigenvalue weighted by Crippen LogP contribution is -2.50. The maximum absolute atomic E-state index is 14.5. The molecule has 5 rings (SSSR count). The highest BCUT2D eigenvalue weighted by atomic mass is 16.6. The normalized spacial score (nSPS) is 14.4. The maximum atomic E-state index is 14.5. The summed E-state index contributed by atoms with van der Waals surface area (Å²) >= 11 is 0. The van der Waals surface area contributed by atoms with Crippen LogP contribution >= 0.6 is 0 Å². The van der Waals surface area contributed by atoms with E-state index in [0.717, 1.165) is 16.7 Å². The number of hydrogen-bond donors (Lipinski definition) is 3. The Morgan fingerprint density at radius 2 is 1.45 bits per heavy atom. The van der Waals surface area contributed by atoms with Crippen molar-refractivity contribution in [3.8, 4) is 0 Å². The summed E-state index contributed by atoms with van der Waals surface area (Å²) in [5.74, 6) is -2.81. The average Bonchev–Trinajstić information content (AvgIpc) is 3.19. The van der Waals surface area contributed by atoms with E-state index in [1.165, 1.54) is 19.2 Å². The monoisotopic (exact) mass is 747 g/mol. The van der Waals surface area contributed by atoms with Gasteiger partial charge in [0.05, 0.1) is 29.6 Å². The minimum atomic E-state index is -0.972. The van der Waals surface area contributed by atoms with Crippen LogP contribution in [-0.4, -0.2) is 60.9 Å². The van der Waals surface area contributed by atoms with E-state index in [0.29, 0.717) is 24.9 Å². The van der Waals surface area contributed by atoms with E-state index in [1.807, 2.05) is 36.4 Å². The third kappa shape index (κ3) is 10.6. The number of alkyl carbamates (subject to hydrolysis) is 1. The second-order valence-corrected chi connectivity index (χ2v) is 14.0. The molecular weight excluding hydrogens is 702 g/mol. The molecule has 0 radical (unpaired) electrons. The van der Waals surface area contributed by atoms with Crippen LogP contribution in [0.4, 0.5) is 21.0 Å². The van der Waals surface area contributed by atoms with Gasteiger partial charge in [-0.1, -0.05) is 93.6 Å². The molecule has 1 atom stereocenters. The van der Waals surface area contributed by atoms with Crippen molar-refractivity contribution in [2.75, 3.05) is 31.2 Å². The molecule has 0 aromatic heterocycles. The van der Waals surface area contributed by atoms with Crippen LogP contribution in [0.25, 0.3) is 0 Å². The Kier molecular flexibility index (Phi) is 13.0. The fraction of sp³-hybridized carbons (Fsp3) is 0.286. The van der Waals surface area contributed by atoms with Crippen LogP contribution in [0, 0.1) is 5.92 Å². The van der Waals surface area contributed by atoms with E-state index >= 15 is 0 Å². The van der Waals surface area contributed by atoms with Gasteiger partial charge >= 0.3 is 18.2 Å². The highest BCUT2D eigenvalue weighted by molar-refractivity contribution is 6.17. The zero-order chi connectivity index (χ0) is 39.5. The number of nitrogens with one attached hydrogen (secondary N) is 2. The lowest BCUT2D eigenvalue weighted by molar-refractivity contribution is 0.0594. The van der Waals surface area contributed by atoms with E-state index in [-0.39, 0.29) is 53.6 Å². The third-order valence-electron chi connectivity index (χ3n) is 9.06. The van der Waals surface area contributed by atoms with Crippen LogP contribution in [0.15, 0.2) is 102 Å². The highest BCUT2D eigenvalue weighted by Crippen LogP contribution is 2.33. The zero-order valence-electron chi connectivity index (χ0n) is 31.3. The molecule has 1 saturated heterocycles. The van der Waals surface area contributed by atoms with Crippen LogP contribution in [0.5, 0.6) is 0 Å². The molecule has 0 aliphatic carbocycles. The molecule has 1 fully saturated rings. The number of ketones is 1. The average molecular weight is 748 g/mol. The van der Waals surface area contributed by atoms with Crippen LogP contribution < -0.4 is 16.4 Å². The number of rotatable bonds is 9. The van der Waals surface area contributed by atoms with E-state index in [4.69, 9.17) is 19.9 Å². The molecule has 1 unspecified atom stereocenters. The first-order valence-corrected chi connectivity index (χ1v) is 17.8. The lowest BCUT2D eigenvalue weighted by atomic mass is 9.86. The number of hydrogen-bond acceptors (Lipinski definition) is 9. The number of anilines is 2. The molecule has 0 spiro atoms. The van der Waals surface area contributed by atoms with Gasteiger partial charge in [0.2, 0.25) is 5.96 Å². The number of piperidine rings is 1. The van der Waals surface area contributed by atoms with Gasteiger partial charge in [0, 0.05) is 24.6 Å². The van der Waals surface area contributed by atoms with Crippen molar-refractivity contribution in [3.63, 3.8) is 0 Å². The van der Waals surface area contributed by atoms with Crippen molar-refractivity contribution in [1.29, 1.82) is 0 Å². The number of likely N-dealkylation sites (tertiary alicyclic amines) is 1. The topological polar surface area (TPSA) is 179 Å². The number of aliphatic imine (C=N–C) groups is 1. The third-order valence-corrected chi connectivity index (χ3v) is 9.06. The van der Waals surface area contributed by atoms with E-state index < -0.39 is 35.8 Å². The Morgan fingerprint density at radius 3 is 2.05 bits per heavy atom. The molecule has 4 N–H and O–H groups in total. The smallest absolute Gasteiger partial charge is 0.437 e. The first-order chi connectivity index (χ1) is 26.3. The minimum absolute atomic E-state index is 0.0281. The molecule has 3 amide bonds. The number of carbonyl (C=O) groups is 5. The van der Waals surface area contributed by atoms with Crippen molar-refractivity contribution >= 4 is 47.2 Å². The number of esters is 1. The molecule has 4 aromatic rings. The summed E-state index contributed by atoms with van der Waals surface area (Å²) in [6, 6.07) is 27.9. The number of methoxy groups -OCH3 is 1. The molecule has 55 heavy (non-hydrogen) atoms. The number of nitrogens with two attached hydrogens (primary N) is 1. The summed E-state index contributed by atoms with van der Waals surface area (Å²) in [6.07, 6.45) is -1.04. The fourth-order valence-electron chi connectivity index (χ4n) is 6.05. The van der Waals surface area contributed by atoms with Crippen LogP contribution in [-0.2, 0) is 32.8 Å². The largest absolute Gasteiger partial charge is 0.465 e. The predicted octanol–water partition coefficient (Wildman–Crippen LogP) is 7.12. The van der Waals surface area contributed by atoms with Crippen molar-refractivity contribution in [3.05, 3.63) is 130 Å². The number of amides is 3. The van der Waals surface area contributed by atoms with Crippen molar-refractivity contribution in [2.24, 2.45) is 10.9 Å². The van der Waals surface area contributed by atoms with E-state index in [2.05, 4.69) is 36.4 Å². The number of guanidine groups is 1. The van der Waals surface area contributed by atoms with Gasteiger partial charge in [0.15, 0.2) is 5.78 Å². The summed E-state index contributed by atoms with van der Waals surface area (Å²) in [4.78, 5) is 72.8. The molecule has 1 aliphatic rings. The Hall–Kier alpha value is -6.50. The maximum Gasteiger partial charge on any atom is 0.437 e. The van der Waals surface area contributed by atoms with Gasteiger partial charge in [-0.2, -0.15) is 0 Å². The first kappa shape index (κ1) is 39.7. The van der Waals surface area contributed by atoms with Crippen molar-refractivity contribution in [2.45, 2.75) is 52.2 Å². The summed E-state index contributed by atoms with van der Waals surface area (Å²) in [6.45, 7) is 6.36. The van der Waals surface area contributed by atoms with Gasteiger partial charge in [0.1, 0.15) is 13.2 Å². The Bertz CT molecular complexity index is 2040. The molecule has 1 aliphatic heterocycles. The number of Topliss-reactive ketones (excluding diaryl/α,β-unsaturated/α-hetero) is 1. The molecule has 286 valence electrons. The molecule has 0 saturated carbocycles. The van der Waals surface area contributed by atoms with Gasteiger partial charge in [-0.15, -0.1) is 4.99 Å². The van der Waals surface area contributed by atoms with Gasteiger partial charge in [-0.3, -0.25) is 14.9 Å². The number of nitrogens with zero attached hydrogens (tertiary/aromatic N) is 2. The van der Waals surface area contributed by atoms with Crippen molar-refractivity contribution in [1.82, 2.24) is 10.2 Å². The zero-order valence-corrected chi connectivity index (χ0v) is 31.3. The van der Waals surface area contributed by atoms with Gasteiger partial charge in [-0.25, -0.2) is 14.4 Å². The Morgan fingerprint density at radius 1 is 0.836 bits per heavy atom. The minimum Gasteiger partial charge on any atom is -0.465 e. The second kappa shape index (κ2) is 18.0. The van der Waals surface area contributed by atoms with Crippen molar-refractivity contribution < 1.29 is 38.2 Å². The highest BCUT2D eigenvalue weighted by Gasteiger charge is 2.34. The molecule has 1 heterocycles. The summed E-state index contributed by atoms with van der Waals surface area (Å²) in [5, 5.41) is 5.32. The van der Waals surface area contributed by atoms with Crippen LogP contribution in [0.3, 0.4) is 0 Å². The second-order valence-electron chi connectivity index (χ2n) is 14.0. The SMILES string of the molecule is COC(=O)c1ccc(N)c(NC(=O)c2ccc(C(C)(C)C)cc2)c1C(=O)C1CCCN(C(=NC(=O)OCc2ccccc2)NC(=O)OCc2ccccc2)C1. The van der Waals surface area contributed by atoms with E-state index in [1.54, 1.807) is 53.4 Å². The molecular formula is C42H45N5O8. The standard InChI is InChI=1S/C42H45N5O8/c1-42(2,3)31-19-17-29(18-20-31)37(49)44-35-33(43)22-21-32(38(50)53-4)34(35)36(48)30-16-11-23-47(24-30)39(45-40(51)54-25-27-12-7-5-8-13-27)46-41(52)55-26-28-14-9-6-10-15-28/h5-10,12-15,17-22,30H,11,16,23-26,43H2,1-4H3,(H,44,49)(H,45,46,51,52). The molecule has 13 heteroatoms. The quantitative estimate of drug-likeness (QED) is 0.0399.